The van der Waals surface area contributed by atoms with Crippen molar-refractivity contribution >= 4 is 11.6 Å². The lowest BCUT2D eigenvalue weighted by Gasteiger charge is -2.18. The van der Waals surface area contributed by atoms with E-state index in [1.165, 1.54) is 23.3 Å². The number of halogens is 2. The zero-order chi connectivity index (χ0) is 14.8. The summed E-state index contributed by atoms with van der Waals surface area (Å²) >= 11 is 6.12. The Labute approximate surface area is 128 Å². The minimum absolute atomic E-state index is 0.138. The second-order valence-corrected chi connectivity index (χ2v) is 5.65. The van der Waals surface area contributed by atoms with Crippen LogP contribution in [-0.2, 0) is 12.8 Å². The zero-order valence-electron chi connectivity index (χ0n) is 11.8. The largest absolute Gasteiger partial charge is 0.493 e. The van der Waals surface area contributed by atoms with Gasteiger partial charge in [-0.05, 0) is 48.4 Å². The van der Waals surface area contributed by atoms with Gasteiger partial charge in [0.25, 0.3) is 0 Å². The predicted molar refractivity (Wildman–Crippen MR) is 82.6 cm³/mol. The van der Waals surface area contributed by atoms with E-state index in [1.54, 1.807) is 6.07 Å². The first kappa shape index (κ1) is 14.4. The van der Waals surface area contributed by atoms with E-state index in [0.29, 0.717) is 5.02 Å². The quantitative estimate of drug-likeness (QED) is 0.924. The van der Waals surface area contributed by atoms with Crippen LogP contribution in [0.1, 0.15) is 22.7 Å². The maximum absolute atomic E-state index is 13.1. The number of hydrogen-bond acceptors (Lipinski definition) is 2. The normalized spacial score (nSPS) is 14.6. The summed E-state index contributed by atoms with van der Waals surface area (Å²) in [5.74, 6) is 0.674. The van der Waals surface area contributed by atoms with Crippen LogP contribution in [0, 0.1) is 5.82 Å². The van der Waals surface area contributed by atoms with Crippen LogP contribution in [0.3, 0.4) is 0 Å². The molecule has 0 radical (unpaired) electrons. The second kappa shape index (κ2) is 6.04. The lowest BCUT2D eigenvalue weighted by atomic mass is 9.97. The molecule has 1 aliphatic rings. The number of hydrogen-bond donors (Lipinski definition) is 1. The third-order valence-electron chi connectivity index (χ3n) is 3.90. The fraction of sp³-hybridized carbons (Fsp3) is 0.294. The van der Waals surface area contributed by atoms with Crippen molar-refractivity contribution in [2.45, 2.75) is 18.9 Å². The van der Waals surface area contributed by atoms with Gasteiger partial charge in [-0.2, -0.15) is 0 Å². The van der Waals surface area contributed by atoms with Gasteiger partial charge in [0.05, 0.1) is 6.61 Å². The van der Waals surface area contributed by atoms with Crippen molar-refractivity contribution in [2.24, 2.45) is 0 Å². The molecule has 0 fully saturated rings. The highest BCUT2D eigenvalue weighted by Crippen LogP contribution is 2.30. The van der Waals surface area contributed by atoms with Gasteiger partial charge in [0.15, 0.2) is 0 Å². The van der Waals surface area contributed by atoms with E-state index in [1.807, 2.05) is 13.1 Å². The molecule has 21 heavy (non-hydrogen) atoms. The van der Waals surface area contributed by atoms with Crippen LogP contribution >= 0.6 is 11.6 Å². The molecule has 0 saturated carbocycles. The van der Waals surface area contributed by atoms with Crippen LogP contribution in [0.4, 0.5) is 4.39 Å². The Balaban J connectivity index is 1.85. The Morgan fingerprint density at radius 3 is 2.90 bits per heavy atom. The van der Waals surface area contributed by atoms with Gasteiger partial charge < -0.3 is 10.1 Å². The van der Waals surface area contributed by atoms with Crippen molar-refractivity contribution in [3.05, 3.63) is 63.9 Å². The molecule has 2 nitrogen and oxygen atoms in total. The molecule has 0 amide bonds. The molecule has 0 aliphatic carbocycles. The smallest absolute Gasteiger partial charge is 0.124 e. The Morgan fingerprint density at radius 2 is 2.14 bits per heavy atom. The van der Waals surface area contributed by atoms with Crippen molar-refractivity contribution < 1.29 is 9.13 Å². The molecule has 1 aliphatic heterocycles. The third-order valence-corrected chi connectivity index (χ3v) is 4.26. The van der Waals surface area contributed by atoms with Crippen LogP contribution < -0.4 is 10.1 Å². The average molecular weight is 306 g/mol. The lowest BCUT2D eigenvalue weighted by molar-refractivity contribution is 0.356. The van der Waals surface area contributed by atoms with E-state index in [9.17, 15) is 4.39 Å². The Hall–Kier alpha value is -1.58. The Bertz CT molecular complexity index is 659. The summed E-state index contributed by atoms with van der Waals surface area (Å²) in [5.41, 5.74) is 3.38. The first-order chi connectivity index (χ1) is 10.2. The fourth-order valence-electron chi connectivity index (χ4n) is 2.72. The number of fused-ring (bicyclic) bond motifs is 1. The topological polar surface area (TPSA) is 21.3 Å². The lowest BCUT2D eigenvalue weighted by Crippen LogP contribution is -2.19. The molecule has 1 N–H and O–H groups in total. The highest BCUT2D eigenvalue weighted by molar-refractivity contribution is 6.31. The van der Waals surface area contributed by atoms with E-state index in [2.05, 4.69) is 17.4 Å². The fourth-order valence-corrected chi connectivity index (χ4v) is 2.96. The van der Waals surface area contributed by atoms with Gasteiger partial charge in [0.2, 0.25) is 0 Å². The van der Waals surface area contributed by atoms with Crippen molar-refractivity contribution in [1.82, 2.24) is 5.32 Å². The predicted octanol–water partition coefficient (Wildman–Crippen LogP) is 3.92. The van der Waals surface area contributed by atoms with Crippen molar-refractivity contribution in [2.75, 3.05) is 13.7 Å². The van der Waals surface area contributed by atoms with E-state index < -0.39 is 0 Å². The van der Waals surface area contributed by atoms with Crippen LogP contribution in [-0.4, -0.2) is 13.7 Å². The molecule has 1 unspecified atom stereocenters. The first-order valence-electron chi connectivity index (χ1n) is 7.04. The summed E-state index contributed by atoms with van der Waals surface area (Å²) in [6.07, 6.45) is 1.67. The van der Waals surface area contributed by atoms with E-state index >= 15 is 0 Å². The van der Waals surface area contributed by atoms with Gasteiger partial charge >= 0.3 is 0 Å². The molecule has 4 heteroatoms. The molecule has 0 bridgehead atoms. The number of benzene rings is 2. The maximum atomic E-state index is 13.1. The van der Waals surface area contributed by atoms with Crippen molar-refractivity contribution in [3.63, 3.8) is 0 Å². The number of ether oxygens (including phenoxy) is 1. The number of rotatable bonds is 4. The van der Waals surface area contributed by atoms with Gasteiger partial charge in [-0.3, -0.25) is 0 Å². The van der Waals surface area contributed by atoms with E-state index in [4.69, 9.17) is 16.3 Å². The monoisotopic (exact) mass is 305 g/mol. The highest BCUT2D eigenvalue weighted by atomic mass is 35.5. The number of nitrogens with one attached hydrogen (secondary N) is 1. The van der Waals surface area contributed by atoms with E-state index in [0.717, 1.165) is 30.8 Å². The summed E-state index contributed by atoms with van der Waals surface area (Å²) < 4.78 is 18.7. The minimum atomic E-state index is -0.306. The Morgan fingerprint density at radius 1 is 1.29 bits per heavy atom. The molecule has 1 atom stereocenters. The third kappa shape index (κ3) is 3.04. The van der Waals surface area contributed by atoms with Gasteiger partial charge in [0.1, 0.15) is 11.6 Å². The second-order valence-electron chi connectivity index (χ2n) is 5.25. The zero-order valence-corrected chi connectivity index (χ0v) is 12.6. The van der Waals surface area contributed by atoms with E-state index in [-0.39, 0.29) is 11.9 Å². The van der Waals surface area contributed by atoms with Crippen LogP contribution in [0.25, 0.3) is 0 Å². The van der Waals surface area contributed by atoms with Gasteiger partial charge in [-0.1, -0.05) is 29.8 Å². The molecular weight excluding hydrogens is 289 g/mol. The summed E-state index contributed by atoms with van der Waals surface area (Å²) in [7, 11) is 1.92. The summed E-state index contributed by atoms with van der Waals surface area (Å²) in [6, 6.07) is 11.0. The summed E-state index contributed by atoms with van der Waals surface area (Å²) in [4.78, 5) is 0. The van der Waals surface area contributed by atoms with Crippen LogP contribution in [0.2, 0.25) is 5.02 Å². The van der Waals surface area contributed by atoms with Crippen LogP contribution in [0.15, 0.2) is 36.4 Å². The van der Waals surface area contributed by atoms with Crippen LogP contribution in [0.5, 0.6) is 5.75 Å². The molecule has 3 rings (SSSR count). The summed E-state index contributed by atoms with van der Waals surface area (Å²) in [6.45, 7) is 0.757. The number of likely N-dealkylation sites (N-methyl/N-ethyl adjacent to an activating group) is 1. The first-order valence-corrected chi connectivity index (χ1v) is 7.42. The van der Waals surface area contributed by atoms with Crippen molar-refractivity contribution in [3.8, 4) is 5.75 Å². The molecular formula is C17H17ClFNO. The Kier molecular flexibility index (Phi) is 4.13. The average Bonchev–Trinajstić information content (AvgIpc) is 2.94. The molecule has 0 aromatic heterocycles. The molecule has 2 aromatic carbocycles. The standard InChI is InChI=1S/C17H17ClFNO/c1-20-16(9-11-2-4-14(19)10-15(11)18)12-3-5-17-13(8-12)6-7-21-17/h2-5,8,10,16,20H,6-7,9H2,1H3. The molecule has 0 spiro atoms. The maximum Gasteiger partial charge on any atom is 0.124 e. The minimum Gasteiger partial charge on any atom is -0.493 e. The summed E-state index contributed by atoms with van der Waals surface area (Å²) in [5, 5.41) is 3.78. The van der Waals surface area contributed by atoms with Gasteiger partial charge in [0, 0.05) is 17.5 Å². The van der Waals surface area contributed by atoms with Gasteiger partial charge in [-0.15, -0.1) is 0 Å². The molecule has 0 saturated heterocycles. The molecule has 1 heterocycles. The molecule has 2 aromatic rings. The molecule has 110 valence electrons. The highest BCUT2D eigenvalue weighted by Gasteiger charge is 2.17. The van der Waals surface area contributed by atoms with Crippen molar-refractivity contribution in [1.29, 1.82) is 0 Å². The SMILES string of the molecule is CNC(Cc1ccc(F)cc1Cl)c1ccc2c(c1)CCO2. The van der Waals surface area contributed by atoms with Gasteiger partial charge in [-0.25, -0.2) is 4.39 Å².